The topological polar surface area (TPSA) is 0 Å². The van der Waals surface area contributed by atoms with E-state index in [0.29, 0.717) is 0 Å². The van der Waals surface area contributed by atoms with Gasteiger partial charge in [-0.05, 0) is 78.2 Å². The highest BCUT2D eigenvalue weighted by Gasteiger charge is 2.17. The number of benzene rings is 2. The van der Waals surface area contributed by atoms with Crippen LogP contribution in [-0.4, -0.2) is 0 Å². The molecular weight excluding hydrogens is 348 g/mol. The predicted octanol–water partition coefficient (Wildman–Crippen LogP) is 9.10. The van der Waals surface area contributed by atoms with E-state index in [9.17, 15) is 0 Å². The molecular formula is C29H40. The van der Waals surface area contributed by atoms with Crippen LogP contribution in [0.4, 0.5) is 0 Å². The monoisotopic (exact) mass is 388 g/mol. The van der Waals surface area contributed by atoms with Crippen molar-refractivity contribution in [3.8, 4) is 11.1 Å². The van der Waals surface area contributed by atoms with Gasteiger partial charge in [-0.25, -0.2) is 0 Å². The summed E-state index contributed by atoms with van der Waals surface area (Å²) < 4.78 is 0. The van der Waals surface area contributed by atoms with Crippen molar-refractivity contribution in [2.75, 3.05) is 0 Å². The van der Waals surface area contributed by atoms with Crippen molar-refractivity contribution in [2.24, 2.45) is 11.8 Å². The third kappa shape index (κ3) is 6.59. The first-order valence-corrected chi connectivity index (χ1v) is 12.1. The van der Waals surface area contributed by atoms with Crippen molar-refractivity contribution in [2.45, 2.75) is 85.0 Å². The number of aryl methyl sites for hydroxylation is 1. The molecule has 0 saturated heterocycles. The average Bonchev–Trinajstić information content (AvgIpc) is 2.78. The van der Waals surface area contributed by atoms with Crippen molar-refractivity contribution < 1.29 is 0 Å². The normalized spacial score (nSPS) is 17.8. The van der Waals surface area contributed by atoms with Gasteiger partial charge in [0, 0.05) is 0 Å². The Morgan fingerprint density at radius 2 is 1.48 bits per heavy atom. The Kier molecular flexibility index (Phi) is 8.59. The van der Waals surface area contributed by atoms with Gasteiger partial charge in [0.25, 0.3) is 0 Å². The Morgan fingerprint density at radius 1 is 0.828 bits per heavy atom. The molecule has 2 unspecified atom stereocenters. The zero-order valence-electron chi connectivity index (χ0n) is 18.9. The second-order valence-corrected chi connectivity index (χ2v) is 9.20. The fraction of sp³-hybridized carbons (Fsp3) is 0.517. The summed E-state index contributed by atoms with van der Waals surface area (Å²) in [5.74, 6) is 1.77. The van der Waals surface area contributed by atoms with Gasteiger partial charge in [0.05, 0.1) is 0 Å². The van der Waals surface area contributed by atoms with E-state index in [2.05, 4.69) is 75.4 Å². The van der Waals surface area contributed by atoms with E-state index in [1.807, 2.05) is 0 Å². The van der Waals surface area contributed by atoms with Crippen LogP contribution in [0.2, 0.25) is 0 Å². The molecule has 0 saturated carbocycles. The number of hydrogen-bond acceptors (Lipinski definition) is 0. The molecule has 29 heavy (non-hydrogen) atoms. The van der Waals surface area contributed by atoms with E-state index < -0.39 is 0 Å². The molecule has 0 spiro atoms. The van der Waals surface area contributed by atoms with Crippen LogP contribution in [0.25, 0.3) is 16.7 Å². The summed E-state index contributed by atoms with van der Waals surface area (Å²) in [6.07, 6.45) is 15.6. The van der Waals surface area contributed by atoms with Gasteiger partial charge >= 0.3 is 0 Å². The highest BCUT2D eigenvalue weighted by Crippen LogP contribution is 2.34. The summed E-state index contributed by atoms with van der Waals surface area (Å²) in [6.45, 7) is 6.99. The fourth-order valence-corrected chi connectivity index (χ4v) is 4.60. The maximum Gasteiger partial charge on any atom is -0.0184 e. The van der Waals surface area contributed by atoms with Gasteiger partial charge in [0.1, 0.15) is 0 Å². The average molecular weight is 389 g/mol. The lowest BCUT2D eigenvalue weighted by molar-refractivity contribution is 0.362. The van der Waals surface area contributed by atoms with Crippen molar-refractivity contribution in [1.82, 2.24) is 0 Å². The lowest BCUT2D eigenvalue weighted by Crippen LogP contribution is -2.09. The summed E-state index contributed by atoms with van der Waals surface area (Å²) >= 11 is 0. The Morgan fingerprint density at radius 3 is 2.07 bits per heavy atom. The van der Waals surface area contributed by atoms with E-state index in [0.717, 1.165) is 11.8 Å². The summed E-state index contributed by atoms with van der Waals surface area (Å²) in [6, 6.07) is 18.5. The molecule has 1 aliphatic carbocycles. The SMILES string of the molecule is CCCCCCc1ccc(-c2ccc(C3=CCC(CC(C)CC)CC3)cc2)cc1. The molecule has 0 amide bonds. The molecule has 0 aliphatic heterocycles. The van der Waals surface area contributed by atoms with Crippen molar-refractivity contribution in [1.29, 1.82) is 0 Å². The number of hydrogen-bond donors (Lipinski definition) is 0. The van der Waals surface area contributed by atoms with Crippen LogP contribution in [0, 0.1) is 11.8 Å². The van der Waals surface area contributed by atoms with Crippen molar-refractivity contribution >= 4 is 5.57 Å². The first-order chi connectivity index (χ1) is 14.2. The molecule has 2 aromatic rings. The maximum absolute atomic E-state index is 2.51. The molecule has 1 aliphatic rings. The Labute approximate surface area is 179 Å². The molecule has 0 fully saturated rings. The first-order valence-electron chi connectivity index (χ1n) is 12.1. The number of allylic oxidation sites excluding steroid dienone is 2. The summed E-state index contributed by atoms with van der Waals surface area (Å²) in [4.78, 5) is 0. The van der Waals surface area contributed by atoms with E-state index in [1.54, 1.807) is 5.57 Å². The summed E-state index contributed by atoms with van der Waals surface area (Å²) in [5, 5.41) is 0. The Hall–Kier alpha value is -1.82. The minimum Gasteiger partial charge on any atom is -0.0804 e. The van der Waals surface area contributed by atoms with Crippen molar-refractivity contribution in [3.05, 3.63) is 65.7 Å². The van der Waals surface area contributed by atoms with Gasteiger partial charge < -0.3 is 0 Å². The van der Waals surface area contributed by atoms with E-state index in [4.69, 9.17) is 0 Å². The first kappa shape index (κ1) is 21.9. The minimum absolute atomic E-state index is 0.872. The highest BCUT2D eigenvalue weighted by atomic mass is 14.2. The Balaban J connectivity index is 1.56. The van der Waals surface area contributed by atoms with Crippen molar-refractivity contribution in [3.63, 3.8) is 0 Å². The highest BCUT2D eigenvalue weighted by molar-refractivity contribution is 5.71. The Bertz CT molecular complexity index is 748. The summed E-state index contributed by atoms with van der Waals surface area (Å²) in [5.41, 5.74) is 7.11. The number of rotatable bonds is 10. The van der Waals surface area contributed by atoms with Crippen LogP contribution in [0.15, 0.2) is 54.6 Å². The van der Waals surface area contributed by atoms with E-state index in [-0.39, 0.29) is 0 Å². The summed E-state index contributed by atoms with van der Waals surface area (Å²) in [7, 11) is 0. The second-order valence-electron chi connectivity index (χ2n) is 9.20. The van der Waals surface area contributed by atoms with Crippen LogP contribution in [0.5, 0.6) is 0 Å². The van der Waals surface area contributed by atoms with Gasteiger partial charge in [-0.3, -0.25) is 0 Å². The molecule has 156 valence electrons. The van der Waals surface area contributed by atoms with Crippen LogP contribution >= 0.6 is 0 Å². The molecule has 0 nitrogen and oxygen atoms in total. The molecule has 0 heteroatoms. The lowest BCUT2D eigenvalue weighted by Gasteiger charge is -2.24. The zero-order chi connectivity index (χ0) is 20.5. The second kappa shape index (κ2) is 11.4. The van der Waals surface area contributed by atoms with Gasteiger partial charge in [0.2, 0.25) is 0 Å². The standard InChI is InChI=1S/C29H40/c1-4-6-7-8-9-24-10-14-26(15-11-24)28-18-20-29(21-19-28)27-16-12-25(13-17-27)22-23(3)5-2/h10-11,14-16,18-21,23,25H,4-9,12-13,17,22H2,1-3H3. The molecule has 0 bridgehead atoms. The van der Waals surface area contributed by atoms with Gasteiger partial charge in [-0.2, -0.15) is 0 Å². The van der Waals surface area contributed by atoms with E-state index in [1.165, 1.54) is 86.5 Å². The third-order valence-electron chi connectivity index (χ3n) is 6.81. The van der Waals surface area contributed by atoms with Crippen LogP contribution in [0.1, 0.15) is 89.7 Å². The molecule has 2 atom stereocenters. The molecule has 0 aromatic heterocycles. The van der Waals surface area contributed by atoms with Crippen LogP contribution in [0.3, 0.4) is 0 Å². The lowest BCUT2D eigenvalue weighted by atomic mass is 9.81. The zero-order valence-corrected chi connectivity index (χ0v) is 18.9. The largest absolute Gasteiger partial charge is 0.0804 e. The quantitative estimate of drug-likeness (QED) is 0.356. The van der Waals surface area contributed by atoms with Crippen LogP contribution < -0.4 is 0 Å². The molecule has 2 aromatic carbocycles. The smallest absolute Gasteiger partial charge is 0.0184 e. The number of unbranched alkanes of at least 4 members (excludes halogenated alkanes) is 3. The van der Waals surface area contributed by atoms with Gasteiger partial charge in [0.15, 0.2) is 0 Å². The predicted molar refractivity (Wildman–Crippen MR) is 129 cm³/mol. The van der Waals surface area contributed by atoms with E-state index >= 15 is 0 Å². The molecule has 0 heterocycles. The fourth-order valence-electron chi connectivity index (χ4n) is 4.60. The maximum atomic E-state index is 2.51. The third-order valence-corrected chi connectivity index (χ3v) is 6.81. The van der Waals surface area contributed by atoms with Crippen LogP contribution in [-0.2, 0) is 6.42 Å². The molecule has 0 N–H and O–H groups in total. The van der Waals surface area contributed by atoms with Gasteiger partial charge in [-0.1, -0.05) is 101 Å². The van der Waals surface area contributed by atoms with Gasteiger partial charge in [-0.15, -0.1) is 0 Å². The molecule has 0 radical (unpaired) electrons. The minimum atomic E-state index is 0.872. The molecule has 3 rings (SSSR count).